The lowest BCUT2D eigenvalue weighted by Gasteiger charge is -2.18. The van der Waals surface area contributed by atoms with Crippen molar-refractivity contribution in [1.29, 1.82) is 0 Å². The second-order valence-corrected chi connectivity index (χ2v) is 4.79. The summed E-state index contributed by atoms with van der Waals surface area (Å²) in [6.07, 6.45) is 5.19. The van der Waals surface area contributed by atoms with Crippen LogP contribution in [0.3, 0.4) is 0 Å². The summed E-state index contributed by atoms with van der Waals surface area (Å²) in [5.74, 6) is 8.83. The number of terminal acetylenes is 1. The molecule has 0 spiro atoms. The van der Waals surface area contributed by atoms with Crippen LogP contribution >= 0.6 is 15.9 Å². The zero-order valence-corrected chi connectivity index (χ0v) is 9.27. The highest BCUT2D eigenvalue weighted by atomic mass is 79.9. The smallest absolute Gasteiger partial charge is 0.110 e. The maximum atomic E-state index is 5.65. The monoisotopic (exact) mass is 227 g/mol. The van der Waals surface area contributed by atoms with Crippen molar-refractivity contribution in [2.75, 3.05) is 0 Å². The Labute approximate surface area is 83.2 Å². The summed E-state index contributed by atoms with van der Waals surface area (Å²) < 4.78 is -0.466. The number of rotatable bonds is 1. The zero-order valence-electron chi connectivity index (χ0n) is 7.69. The second-order valence-electron chi connectivity index (χ2n) is 3.14. The van der Waals surface area contributed by atoms with E-state index in [2.05, 4.69) is 33.7 Å². The van der Waals surface area contributed by atoms with Crippen LogP contribution in [0.5, 0.6) is 0 Å². The van der Waals surface area contributed by atoms with Crippen molar-refractivity contribution in [3.63, 3.8) is 0 Å². The lowest BCUT2D eigenvalue weighted by molar-refractivity contribution is 0.729. The zero-order chi connectivity index (χ0) is 9.78. The Morgan fingerprint density at radius 1 is 1.50 bits per heavy atom. The van der Waals surface area contributed by atoms with E-state index < -0.39 is 4.32 Å². The van der Waals surface area contributed by atoms with Crippen LogP contribution in [0.25, 0.3) is 0 Å². The first-order chi connectivity index (χ1) is 5.40. The van der Waals surface area contributed by atoms with Crippen LogP contribution in [0.2, 0.25) is 0 Å². The van der Waals surface area contributed by atoms with E-state index in [4.69, 9.17) is 12.2 Å². The van der Waals surface area contributed by atoms with Gasteiger partial charge < -0.3 is 5.73 Å². The van der Waals surface area contributed by atoms with Crippen LogP contribution in [0.1, 0.15) is 20.8 Å². The van der Waals surface area contributed by atoms with Gasteiger partial charge in [-0.05, 0) is 6.92 Å². The summed E-state index contributed by atoms with van der Waals surface area (Å²) in [6, 6.07) is -0.372. The highest BCUT2D eigenvalue weighted by Gasteiger charge is 2.24. The summed E-state index contributed by atoms with van der Waals surface area (Å²) in [5, 5.41) is 0. The van der Waals surface area contributed by atoms with Gasteiger partial charge in [-0.15, -0.1) is 6.42 Å². The molecule has 2 atom stereocenters. The molecule has 0 saturated carbocycles. The topological polar surface area (TPSA) is 26.0 Å². The van der Waals surface area contributed by atoms with Crippen LogP contribution in [-0.4, -0.2) is 10.4 Å². The molecule has 2 N–H and O–H groups in total. The number of halogens is 1. The molecular weight excluding hydrogens is 214 g/mol. The van der Waals surface area contributed by atoms with Crippen LogP contribution in [0, 0.1) is 30.1 Å². The summed E-state index contributed by atoms with van der Waals surface area (Å²) in [6.45, 7) is 5.93. The molecule has 0 heterocycles. The van der Waals surface area contributed by atoms with Gasteiger partial charge in [0.05, 0.1) is 6.04 Å². The van der Waals surface area contributed by atoms with Crippen molar-refractivity contribution < 1.29 is 0 Å². The van der Waals surface area contributed by atoms with Gasteiger partial charge in [0.15, 0.2) is 0 Å². The average Bonchev–Trinajstić information content (AvgIpc) is 1.99. The van der Waals surface area contributed by atoms with E-state index in [-0.39, 0.29) is 6.04 Å². The maximum absolute atomic E-state index is 5.65. The molecular formula is C10H14BrN. The van der Waals surface area contributed by atoms with Gasteiger partial charge in [0.2, 0.25) is 0 Å². The van der Waals surface area contributed by atoms with Gasteiger partial charge in [0, 0.05) is 5.92 Å². The molecule has 66 valence electrons. The van der Waals surface area contributed by atoms with Crippen molar-refractivity contribution in [1.82, 2.24) is 0 Å². The van der Waals surface area contributed by atoms with Gasteiger partial charge in [-0.2, -0.15) is 0 Å². The second kappa shape index (κ2) is 4.55. The molecule has 0 aromatic rings. The molecule has 0 rings (SSSR count). The Balaban J connectivity index is 4.47. The van der Waals surface area contributed by atoms with Crippen molar-refractivity contribution in [3.8, 4) is 24.2 Å². The SMILES string of the molecule is C#CC(N)C(C)(Br)C#CC(C)C. The summed E-state index contributed by atoms with van der Waals surface area (Å²) in [4.78, 5) is 0. The standard InChI is InChI=1S/C10H14BrN/c1-5-9(12)10(4,11)7-6-8(2)3/h1,8-9H,12H2,2-4H3. The maximum Gasteiger partial charge on any atom is 0.110 e. The minimum atomic E-state index is -0.466. The quantitative estimate of drug-likeness (QED) is 0.537. The first kappa shape index (κ1) is 11.6. The Morgan fingerprint density at radius 3 is 2.33 bits per heavy atom. The minimum Gasteiger partial charge on any atom is -0.316 e. The first-order valence-corrected chi connectivity index (χ1v) is 4.62. The van der Waals surface area contributed by atoms with Crippen molar-refractivity contribution in [2.24, 2.45) is 11.7 Å². The van der Waals surface area contributed by atoms with E-state index in [9.17, 15) is 0 Å². The van der Waals surface area contributed by atoms with E-state index in [1.807, 2.05) is 20.8 Å². The predicted octanol–water partition coefficient (Wildman–Crippen LogP) is 1.76. The highest BCUT2D eigenvalue weighted by molar-refractivity contribution is 9.10. The van der Waals surface area contributed by atoms with E-state index in [0.717, 1.165) is 0 Å². The predicted molar refractivity (Wildman–Crippen MR) is 56.8 cm³/mol. The molecule has 12 heavy (non-hydrogen) atoms. The summed E-state index contributed by atoms with van der Waals surface area (Å²) in [5.41, 5.74) is 5.65. The fourth-order valence-corrected chi connectivity index (χ4v) is 0.766. The molecule has 0 aromatic heterocycles. The van der Waals surface area contributed by atoms with Gasteiger partial charge in [-0.25, -0.2) is 0 Å². The average molecular weight is 228 g/mol. The number of hydrogen-bond acceptors (Lipinski definition) is 1. The lowest BCUT2D eigenvalue weighted by atomic mass is 10.0. The molecule has 0 amide bonds. The number of nitrogens with two attached hydrogens (primary N) is 1. The molecule has 2 unspecified atom stereocenters. The highest BCUT2D eigenvalue weighted by Crippen LogP contribution is 2.19. The Bertz CT molecular complexity index is 237. The molecule has 1 nitrogen and oxygen atoms in total. The molecule has 0 saturated heterocycles. The van der Waals surface area contributed by atoms with E-state index in [0.29, 0.717) is 5.92 Å². The first-order valence-electron chi connectivity index (χ1n) is 3.83. The van der Waals surface area contributed by atoms with Crippen LogP contribution < -0.4 is 5.73 Å². The molecule has 2 heteroatoms. The van der Waals surface area contributed by atoms with E-state index >= 15 is 0 Å². The molecule has 0 aliphatic carbocycles. The van der Waals surface area contributed by atoms with Gasteiger partial charge in [0.1, 0.15) is 4.32 Å². The molecule has 0 fully saturated rings. The van der Waals surface area contributed by atoms with E-state index in [1.165, 1.54) is 0 Å². The van der Waals surface area contributed by atoms with Gasteiger partial charge in [0.25, 0.3) is 0 Å². The summed E-state index contributed by atoms with van der Waals surface area (Å²) in [7, 11) is 0. The third kappa shape index (κ3) is 3.81. The Morgan fingerprint density at radius 2 is 2.00 bits per heavy atom. The van der Waals surface area contributed by atoms with Crippen molar-refractivity contribution >= 4 is 15.9 Å². The molecule has 0 radical (unpaired) electrons. The molecule has 0 aliphatic rings. The van der Waals surface area contributed by atoms with E-state index in [1.54, 1.807) is 0 Å². The van der Waals surface area contributed by atoms with Crippen LogP contribution in [-0.2, 0) is 0 Å². The molecule has 0 aromatic carbocycles. The minimum absolute atomic E-state index is 0.340. The fourth-order valence-electron chi connectivity index (χ4n) is 0.520. The summed E-state index contributed by atoms with van der Waals surface area (Å²) >= 11 is 3.39. The fraction of sp³-hybridized carbons (Fsp3) is 0.600. The Hall–Kier alpha value is -0.440. The van der Waals surface area contributed by atoms with Gasteiger partial charge >= 0.3 is 0 Å². The third-order valence-corrected chi connectivity index (χ3v) is 2.06. The molecule has 0 bridgehead atoms. The van der Waals surface area contributed by atoms with Gasteiger partial charge in [-0.1, -0.05) is 47.5 Å². The lowest BCUT2D eigenvalue weighted by Crippen LogP contribution is -2.38. The Kier molecular flexibility index (Phi) is 4.39. The van der Waals surface area contributed by atoms with Crippen LogP contribution in [0.4, 0.5) is 0 Å². The van der Waals surface area contributed by atoms with Crippen LogP contribution in [0.15, 0.2) is 0 Å². The molecule has 0 aliphatic heterocycles. The number of alkyl halides is 1. The normalized spacial score (nSPS) is 17.1. The number of hydrogen-bond donors (Lipinski definition) is 1. The third-order valence-electron chi connectivity index (χ3n) is 1.37. The van der Waals surface area contributed by atoms with Crippen molar-refractivity contribution in [3.05, 3.63) is 0 Å². The van der Waals surface area contributed by atoms with Gasteiger partial charge in [-0.3, -0.25) is 0 Å². The largest absolute Gasteiger partial charge is 0.316 e. The van der Waals surface area contributed by atoms with Crippen molar-refractivity contribution in [2.45, 2.75) is 31.1 Å².